The highest BCUT2D eigenvalue weighted by molar-refractivity contribution is 5.89. The number of nitrogens with one attached hydrogen (secondary N) is 1. The first kappa shape index (κ1) is 24.0. The average molecular weight is 473 g/mol. The van der Waals surface area contributed by atoms with Crippen LogP contribution in [0.25, 0.3) is 11.1 Å². The third-order valence-electron chi connectivity index (χ3n) is 6.28. The largest absolute Gasteiger partial charge is 0.480 e. The van der Waals surface area contributed by atoms with Crippen LogP contribution in [0.2, 0.25) is 0 Å². The Bertz CT molecular complexity index is 1190. The SMILES string of the molecule is CCN(CC(=O)O)C(=O)C(NC(=O)OCC1c2ccccc2-c2ccccc21)c1ccc(C)cc1. The number of benzene rings is 3. The van der Waals surface area contributed by atoms with Gasteiger partial charge in [-0.05, 0) is 41.7 Å². The second kappa shape index (κ2) is 10.4. The Morgan fingerprint density at radius 2 is 1.51 bits per heavy atom. The van der Waals surface area contributed by atoms with Crippen molar-refractivity contribution in [1.82, 2.24) is 10.2 Å². The van der Waals surface area contributed by atoms with E-state index in [-0.39, 0.29) is 19.1 Å². The lowest BCUT2D eigenvalue weighted by Crippen LogP contribution is -2.45. The van der Waals surface area contributed by atoms with Crippen molar-refractivity contribution in [2.45, 2.75) is 25.8 Å². The van der Waals surface area contributed by atoms with Gasteiger partial charge in [-0.2, -0.15) is 0 Å². The summed E-state index contributed by atoms with van der Waals surface area (Å²) in [4.78, 5) is 38.5. The van der Waals surface area contributed by atoms with Gasteiger partial charge in [-0.15, -0.1) is 0 Å². The highest BCUT2D eigenvalue weighted by Gasteiger charge is 2.31. The van der Waals surface area contributed by atoms with Gasteiger partial charge in [-0.25, -0.2) is 4.79 Å². The maximum Gasteiger partial charge on any atom is 0.408 e. The topological polar surface area (TPSA) is 95.9 Å². The number of aryl methyl sites for hydroxylation is 1. The lowest BCUT2D eigenvalue weighted by molar-refractivity contribution is -0.145. The molecule has 1 aliphatic carbocycles. The first-order valence-electron chi connectivity index (χ1n) is 11.6. The van der Waals surface area contributed by atoms with E-state index in [4.69, 9.17) is 4.74 Å². The van der Waals surface area contributed by atoms with E-state index in [0.717, 1.165) is 27.8 Å². The maximum atomic E-state index is 13.2. The summed E-state index contributed by atoms with van der Waals surface area (Å²) >= 11 is 0. The zero-order valence-electron chi connectivity index (χ0n) is 19.7. The Balaban J connectivity index is 1.52. The molecular weight excluding hydrogens is 444 g/mol. The van der Waals surface area contributed by atoms with Crippen molar-refractivity contribution < 1.29 is 24.2 Å². The zero-order chi connectivity index (χ0) is 24.9. The van der Waals surface area contributed by atoms with Gasteiger partial charge >= 0.3 is 12.1 Å². The molecule has 0 spiro atoms. The van der Waals surface area contributed by atoms with Crippen molar-refractivity contribution in [3.05, 3.63) is 95.1 Å². The predicted molar refractivity (Wildman–Crippen MR) is 132 cm³/mol. The Labute approximate surface area is 204 Å². The number of amides is 2. The van der Waals surface area contributed by atoms with Gasteiger partial charge in [0.15, 0.2) is 0 Å². The standard InChI is InChI=1S/C28H28N2O5/c1-3-30(16-25(31)32)27(33)26(19-14-12-18(2)13-15-19)29-28(34)35-17-24-22-10-6-4-8-20(22)21-9-5-7-11-23(21)24/h4-15,24,26H,3,16-17H2,1-2H3,(H,29,34)(H,31,32). The minimum atomic E-state index is -1.12. The van der Waals surface area contributed by atoms with Gasteiger partial charge in [0.05, 0.1) is 0 Å². The minimum Gasteiger partial charge on any atom is -0.480 e. The molecule has 0 bridgehead atoms. The van der Waals surface area contributed by atoms with E-state index < -0.39 is 30.6 Å². The molecule has 0 radical (unpaired) electrons. The van der Waals surface area contributed by atoms with Crippen LogP contribution in [0.15, 0.2) is 72.8 Å². The van der Waals surface area contributed by atoms with E-state index in [1.54, 1.807) is 19.1 Å². The normalized spacial score (nSPS) is 12.9. The van der Waals surface area contributed by atoms with E-state index in [0.29, 0.717) is 5.56 Å². The van der Waals surface area contributed by atoms with Crippen LogP contribution in [-0.4, -0.2) is 47.7 Å². The Hall–Kier alpha value is -4.13. The van der Waals surface area contributed by atoms with Crippen LogP contribution in [0.4, 0.5) is 4.79 Å². The number of nitrogens with zero attached hydrogens (tertiary/aromatic N) is 1. The molecule has 3 aromatic carbocycles. The number of hydrogen-bond acceptors (Lipinski definition) is 4. The van der Waals surface area contributed by atoms with Crippen molar-refractivity contribution >= 4 is 18.0 Å². The molecule has 2 N–H and O–H groups in total. The lowest BCUT2D eigenvalue weighted by Gasteiger charge is -2.26. The third-order valence-corrected chi connectivity index (χ3v) is 6.28. The first-order chi connectivity index (χ1) is 16.9. The smallest absolute Gasteiger partial charge is 0.408 e. The molecular formula is C28H28N2O5. The number of fused-ring (bicyclic) bond motifs is 3. The fourth-order valence-electron chi connectivity index (χ4n) is 4.50. The average Bonchev–Trinajstić information content (AvgIpc) is 3.18. The van der Waals surface area contributed by atoms with E-state index in [9.17, 15) is 19.5 Å². The van der Waals surface area contributed by atoms with Crippen LogP contribution < -0.4 is 5.32 Å². The monoisotopic (exact) mass is 472 g/mol. The van der Waals surface area contributed by atoms with Crippen molar-refractivity contribution in [3.8, 4) is 11.1 Å². The van der Waals surface area contributed by atoms with Crippen LogP contribution in [0, 0.1) is 6.92 Å². The number of ether oxygens (including phenoxy) is 1. The van der Waals surface area contributed by atoms with Crippen molar-refractivity contribution in [2.24, 2.45) is 0 Å². The van der Waals surface area contributed by atoms with Crippen LogP contribution in [-0.2, 0) is 14.3 Å². The number of aliphatic carboxylic acids is 1. The Kier molecular flexibility index (Phi) is 7.15. The predicted octanol–water partition coefficient (Wildman–Crippen LogP) is 4.51. The summed E-state index contributed by atoms with van der Waals surface area (Å²) < 4.78 is 5.62. The molecule has 1 unspecified atom stereocenters. The zero-order valence-corrected chi connectivity index (χ0v) is 19.7. The summed E-state index contributed by atoms with van der Waals surface area (Å²) in [5.41, 5.74) is 5.98. The Morgan fingerprint density at radius 3 is 2.06 bits per heavy atom. The van der Waals surface area contributed by atoms with Crippen LogP contribution in [0.1, 0.15) is 41.1 Å². The summed E-state index contributed by atoms with van der Waals surface area (Å²) in [6.07, 6.45) is -0.739. The summed E-state index contributed by atoms with van der Waals surface area (Å²) in [5.74, 6) is -1.74. The summed E-state index contributed by atoms with van der Waals surface area (Å²) in [6.45, 7) is 3.47. The molecule has 0 aliphatic heterocycles. The molecule has 1 aliphatic rings. The summed E-state index contributed by atoms with van der Waals surface area (Å²) in [7, 11) is 0. The minimum absolute atomic E-state index is 0.110. The number of carboxylic acid groups (broad SMARTS) is 1. The van der Waals surface area contributed by atoms with Crippen molar-refractivity contribution in [1.29, 1.82) is 0 Å². The highest BCUT2D eigenvalue weighted by Crippen LogP contribution is 2.44. The molecule has 0 saturated carbocycles. The van der Waals surface area contributed by atoms with Crippen LogP contribution in [0.5, 0.6) is 0 Å². The summed E-state index contributed by atoms with van der Waals surface area (Å²) in [5, 5.41) is 11.9. The number of hydrogen-bond donors (Lipinski definition) is 2. The number of carbonyl (C=O) groups is 3. The quantitative estimate of drug-likeness (QED) is 0.503. The molecule has 2 amide bonds. The molecule has 0 fully saturated rings. The van der Waals surface area contributed by atoms with Gasteiger partial charge < -0.3 is 20.1 Å². The van der Waals surface area contributed by atoms with Crippen molar-refractivity contribution in [3.63, 3.8) is 0 Å². The molecule has 0 aromatic heterocycles. The summed E-state index contributed by atoms with van der Waals surface area (Å²) in [6, 6.07) is 22.2. The van der Waals surface area contributed by atoms with Crippen LogP contribution in [0.3, 0.4) is 0 Å². The molecule has 180 valence electrons. The second-order valence-electron chi connectivity index (χ2n) is 8.56. The van der Waals surface area contributed by atoms with Crippen molar-refractivity contribution in [2.75, 3.05) is 19.7 Å². The molecule has 1 atom stereocenters. The number of carbonyl (C=O) groups excluding carboxylic acids is 2. The maximum absolute atomic E-state index is 13.2. The van der Waals surface area contributed by atoms with Gasteiger partial charge in [-0.1, -0.05) is 78.4 Å². The van der Waals surface area contributed by atoms with E-state index >= 15 is 0 Å². The second-order valence-corrected chi connectivity index (χ2v) is 8.56. The van der Waals surface area contributed by atoms with Gasteiger partial charge in [-0.3, -0.25) is 9.59 Å². The number of likely N-dealkylation sites (N-methyl/N-ethyl adjacent to an activating group) is 1. The molecule has 0 saturated heterocycles. The molecule has 35 heavy (non-hydrogen) atoms. The van der Waals surface area contributed by atoms with Gasteiger partial charge in [0.2, 0.25) is 5.91 Å². The number of carboxylic acids is 1. The Morgan fingerprint density at radius 1 is 0.943 bits per heavy atom. The van der Waals surface area contributed by atoms with Gasteiger partial charge in [0, 0.05) is 12.5 Å². The van der Waals surface area contributed by atoms with E-state index in [1.807, 2.05) is 55.5 Å². The lowest BCUT2D eigenvalue weighted by atomic mass is 9.98. The van der Waals surface area contributed by atoms with Crippen LogP contribution >= 0.6 is 0 Å². The number of alkyl carbamates (subject to hydrolysis) is 1. The molecule has 7 nitrogen and oxygen atoms in total. The molecule has 0 heterocycles. The van der Waals surface area contributed by atoms with E-state index in [1.165, 1.54) is 4.90 Å². The van der Waals surface area contributed by atoms with Gasteiger partial charge in [0.1, 0.15) is 19.2 Å². The first-order valence-corrected chi connectivity index (χ1v) is 11.6. The number of rotatable bonds is 8. The third kappa shape index (κ3) is 5.19. The molecule has 7 heteroatoms. The fourth-order valence-corrected chi connectivity index (χ4v) is 4.50. The van der Waals surface area contributed by atoms with E-state index in [2.05, 4.69) is 17.4 Å². The highest BCUT2D eigenvalue weighted by atomic mass is 16.5. The van der Waals surface area contributed by atoms with Gasteiger partial charge in [0.25, 0.3) is 0 Å². The molecule has 4 rings (SSSR count). The molecule has 3 aromatic rings. The fraction of sp³-hybridized carbons (Fsp3) is 0.250.